The standard InChI is InChI=1S/C24H32ClN5O4/c1-16(2)20-15-34-21-7-6-18(25)10-19(21)24(33)26-8-4-5-9-29(13-22(31)28-20)23(32)14-30-12-17(3)11-27-30/h6-7,10-12,16,20H,4-5,8-9,13-15H2,1-3H3,(H,26,33)(H,28,31)/t20-/m0/s1. The van der Waals surface area contributed by atoms with Gasteiger partial charge in [0.15, 0.2) is 0 Å². The lowest BCUT2D eigenvalue weighted by Gasteiger charge is -2.26. The second-order valence-electron chi connectivity index (χ2n) is 8.86. The lowest BCUT2D eigenvalue weighted by atomic mass is 10.1. The molecule has 0 saturated carbocycles. The van der Waals surface area contributed by atoms with Crippen molar-refractivity contribution in [3.8, 4) is 5.75 Å². The number of nitrogens with zero attached hydrogens (tertiary/aromatic N) is 3. The summed E-state index contributed by atoms with van der Waals surface area (Å²) in [5.41, 5.74) is 1.31. The van der Waals surface area contributed by atoms with E-state index in [1.807, 2.05) is 20.8 Å². The summed E-state index contributed by atoms with van der Waals surface area (Å²) in [6, 6.07) is 4.58. The van der Waals surface area contributed by atoms with E-state index in [0.29, 0.717) is 42.3 Å². The molecule has 1 aliphatic rings. The van der Waals surface area contributed by atoms with Gasteiger partial charge in [-0.3, -0.25) is 19.1 Å². The van der Waals surface area contributed by atoms with Crippen molar-refractivity contribution in [1.82, 2.24) is 25.3 Å². The van der Waals surface area contributed by atoms with E-state index in [9.17, 15) is 14.4 Å². The number of carbonyl (C=O) groups is 3. The van der Waals surface area contributed by atoms with Crippen LogP contribution in [0.1, 0.15) is 42.6 Å². The highest BCUT2D eigenvalue weighted by atomic mass is 35.5. The topological polar surface area (TPSA) is 106 Å². The smallest absolute Gasteiger partial charge is 0.255 e. The van der Waals surface area contributed by atoms with E-state index in [0.717, 1.165) is 5.56 Å². The Kier molecular flexibility index (Phi) is 8.92. The summed E-state index contributed by atoms with van der Waals surface area (Å²) in [5.74, 6) is -0.249. The highest BCUT2D eigenvalue weighted by molar-refractivity contribution is 6.31. The quantitative estimate of drug-likeness (QED) is 0.688. The summed E-state index contributed by atoms with van der Waals surface area (Å²) >= 11 is 6.10. The molecule has 0 bridgehead atoms. The molecule has 1 aromatic heterocycles. The van der Waals surface area contributed by atoms with E-state index in [-0.39, 0.29) is 49.4 Å². The van der Waals surface area contributed by atoms with Crippen LogP contribution in [0.5, 0.6) is 5.75 Å². The monoisotopic (exact) mass is 489 g/mol. The van der Waals surface area contributed by atoms with Gasteiger partial charge in [-0.15, -0.1) is 0 Å². The molecule has 3 amide bonds. The van der Waals surface area contributed by atoms with Crippen LogP contribution in [0.2, 0.25) is 5.02 Å². The van der Waals surface area contributed by atoms with Crippen molar-refractivity contribution >= 4 is 29.3 Å². The van der Waals surface area contributed by atoms with E-state index in [4.69, 9.17) is 16.3 Å². The second kappa shape index (κ2) is 11.9. The first-order valence-electron chi connectivity index (χ1n) is 11.5. The average Bonchev–Trinajstić information content (AvgIpc) is 3.19. The van der Waals surface area contributed by atoms with Crippen LogP contribution in [-0.2, 0) is 16.1 Å². The molecule has 0 aliphatic carbocycles. The van der Waals surface area contributed by atoms with Gasteiger partial charge in [0.2, 0.25) is 11.8 Å². The molecular weight excluding hydrogens is 458 g/mol. The molecular formula is C24H32ClN5O4. The first kappa shape index (κ1) is 25.6. The Labute approximate surface area is 204 Å². The lowest BCUT2D eigenvalue weighted by molar-refractivity contribution is -0.137. The maximum atomic E-state index is 12.9. The van der Waals surface area contributed by atoms with Gasteiger partial charge < -0.3 is 20.3 Å². The molecule has 3 rings (SSSR count). The molecule has 1 atom stereocenters. The number of nitrogens with one attached hydrogen (secondary N) is 2. The summed E-state index contributed by atoms with van der Waals surface area (Å²) in [5, 5.41) is 10.5. The predicted octanol–water partition coefficient (Wildman–Crippen LogP) is 2.42. The van der Waals surface area contributed by atoms with Crippen LogP contribution in [0.25, 0.3) is 0 Å². The first-order chi connectivity index (χ1) is 16.2. The number of carbonyl (C=O) groups excluding carboxylic acids is 3. The summed E-state index contributed by atoms with van der Waals surface area (Å²) in [6.07, 6.45) is 4.75. The van der Waals surface area contributed by atoms with E-state index >= 15 is 0 Å². The minimum atomic E-state index is -0.310. The molecule has 0 unspecified atom stereocenters. The van der Waals surface area contributed by atoms with E-state index in [2.05, 4.69) is 15.7 Å². The van der Waals surface area contributed by atoms with Crippen LogP contribution in [0.4, 0.5) is 0 Å². The number of halogens is 1. The van der Waals surface area contributed by atoms with Crippen molar-refractivity contribution in [3.05, 3.63) is 46.7 Å². The summed E-state index contributed by atoms with van der Waals surface area (Å²) in [4.78, 5) is 40.1. The van der Waals surface area contributed by atoms with Gasteiger partial charge in [0, 0.05) is 24.3 Å². The highest BCUT2D eigenvalue weighted by Crippen LogP contribution is 2.23. The van der Waals surface area contributed by atoms with Crippen LogP contribution in [0.3, 0.4) is 0 Å². The number of ether oxygens (including phenoxy) is 1. The first-order valence-corrected chi connectivity index (χ1v) is 11.9. The summed E-state index contributed by atoms with van der Waals surface area (Å²) < 4.78 is 7.51. The van der Waals surface area contributed by atoms with Crippen molar-refractivity contribution in [2.75, 3.05) is 26.2 Å². The molecule has 1 aromatic carbocycles. The molecule has 2 N–H and O–H groups in total. The Morgan fingerprint density at radius 1 is 1.29 bits per heavy atom. The average molecular weight is 490 g/mol. The Hall–Kier alpha value is -3.07. The normalized spacial score (nSPS) is 18.3. The van der Waals surface area contributed by atoms with Crippen molar-refractivity contribution in [2.45, 2.75) is 46.2 Å². The molecule has 0 fully saturated rings. The maximum Gasteiger partial charge on any atom is 0.255 e. The van der Waals surface area contributed by atoms with Crippen molar-refractivity contribution in [3.63, 3.8) is 0 Å². The fourth-order valence-electron chi connectivity index (χ4n) is 3.62. The molecule has 34 heavy (non-hydrogen) atoms. The molecule has 9 nitrogen and oxygen atoms in total. The van der Waals surface area contributed by atoms with Crippen LogP contribution in [0.15, 0.2) is 30.6 Å². The van der Waals surface area contributed by atoms with Gasteiger partial charge >= 0.3 is 0 Å². The Bertz CT molecular complexity index is 1020. The number of aromatic nitrogens is 2. The fraction of sp³-hybridized carbons (Fsp3) is 0.500. The number of aryl methyl sites for hydroxylation is 1. The summed E-state index contributed by atoms with van der Waals surface area (Å²) in [6.45, 7) is 6.85. The van der Waals surface area contributed by atoms with Crippen LogP contribution < -0.4 is 15.4 Å². The zero-order valence-corrected chi connectivity index (χ0v) is 20.6. The minimum Gasteiger partial charge on any atom is -0.491 e. The number of hydrogen-bond donors (Lipinski definition) is 2. The number of rotatable bonds is 3. The Morgan fingerprint density at radius 2 is 2.09 bits per heavy atom. The van der Waals surface area contributed by atoms with Crippen LogP contribution >= 0.6 is 11.6 Å². The third kappa shape index (κ3) is 7.21. The van der Waals surface area contributed by atoms with Gasteiger partial charge in [0.05, 0.1) is 24.3 Å². The second-order valence-corrected chi connectivity index (χ2v) is 9.30. The fourth-order valence-corrected chi connectivity index (χ4v) is 3.79. The van der Waals surface area contributed by atoms with Gasteiger partial charge in [-0.25, -0.2) is 0 Å². The van der Waals surface area contributed by atoms with E-state index in [1.54, 1.807) is 40.2 Å². The molecule has 2 heterocycles. The van der Waals surface area contributed by atoms with Crippen molar-refractivity contribution in [1.29, 1.82) is 0 Å². The maximum absolute atomic E-state index is 12.9. The third-order valence-electron chi connectivity index (χ3n) is 5.64. The molecule has 0 saturated heterocycles. The number of benzene rings is 1. The van der Waals surface area contributed by atoms with Gasteiger partial charge in [0.25, 0.3) is 5.91 Å². The van der Waals surface area contributed by atoms with Gasteiger partial charge in [-0.1, -0.05) is 25.4 Å². The number of fused-ring (bicyclic) bond motifs is 1. The largest absolute Gasteiger partial charge is 0.491 e. The van der Waals surface area contributed by atoms with Gasteiger partial charge in [-0.2, -0.15) is 5.10 Å². The molecule has 0 radical (unpaired) electrons. The van der Waals surface area contributed by atoms with E-state index < -0.39 is 0 Å². The van der Waals surface area contributed by atoms with Crippen molar-refractivity contribution in [2.24, 2.45) is 5.92 Å². The minimum absolute atomic E-state index is 0.0547. The van der Waals surface area contributed by atoms with Crippen LogP contribution in [0, 0.1) is 12.8 Å². The lowest BCUT2D eigenvalue weighted by Crippen LogP contribution is -2.48. The number of amides is 3. The zero-order valence-electron chi connectivity index (χ0n) is 19.8. The zero-order chi connectivity index (χ0) is 24.7. The molecule has 2 aromatic rings. The SMILES string of the molecule is Cc1cnn(CC(=O)N2CCCCNC(=O)c3cc(Cl)ccc3OC[C@@H](C(C)C)NC(=O)C2)c1. The predicted molar refractivity (Wildman–Crippen MR) is 129 cm³/mol. The molecule has 10 heteroatoms. The summed E-state index contributed by atoms with van der Waals surface area (Å²) in [7, 11) is 0. The molecule has 1 aliphatic heterocycles. The van der Waals surface area contributed by atoms with Crippen molar-refractivity contribution < 1.29 is 19.1 Å². The van der Waals surface area contributed by atoms with Gasteiger partial charge in [0.1, 0.15) is 18.9 Å². The molecule has 0 spiro atoms. The molecule has 184 valence electrons. The Morgan fingerprint density at radius 3 is 2.79 bits per heavy atom. The van der Waals surface area contributed by atoms with E-state index in [1.165, 1.54) is 0 Å². The Balaban J connectivity index is 1.77. The number of hydrogen-bond acceptors (Lipinski definition) is 5. The van der Waals surface area contributed by atoms with Crippen LogP contribution in [-0.4, -0.2) is 64.7 Å². The third-order valence-corrected chi connectivity index (χ3v) is 5.88. The van der Waals surface area contributed by atoms with Gasteiger partial charge in [-0.05, 0) is 49.4 Å². The highest BCUT2D eigenvalue weighted by Gasteiger charge is 2.23.